The Kier molecular flexibility index (Phi) is 3.91. The van der Waals surface area contributed by atoms with Crippen LogP contribution in [0.3, 0.4) is 0 Å². The standard InChI is InChI=1S/C19H19N5O2/c1-11-10-17(23-26-11)21-18(25)9-8-14-12(2)20-19-15-6-4-5-7-16(15)22-24(19)13(14)3/h4-7,10H,8-9H2,1-3H3,(H,21,23,25). The molecule has 132 valence electrons. The number of fused-ring (bicyclic) bond motifs is 3. The lowest BCUT2D eigenvalue weighted by Gasteiger charge is -2.10. The summed E-state index contributed by atoms with van der Waals surface area (Å²) in [6.45, 7) is 5.77. The predicted molar refractivity (Wildman–Crippen MR) is 98.2 cm³/mol. The van der Waals surface area contributed by atoms with E-state index in [1.165, 1.54) is 0 Å². The fourth-order valence-corrected chi connectivity index (χ4v) is 3.21. The summed E-state index contributed by atoms with van der Waals surface area (Å²) in [4.78, 5) is 16.9. The van der Waals surface area contributed by atoms with E-state index in [0.29, 0.717) is 24.4 Å². The molecule has 0 spiro atoms. The van der Waals surface area contributed by atoms with Crippen LogP contribution in [0.4, 0.5) is 5.82 Å². The maximum Gasteiger partial charge on any atom is 0.225 e. The second-order valence-corrected chi connectivity index (χ2v) is 6.38. The molecule has 0 saturated carbocycles. The van der Waals surface area contributed by atoms with E-state index in [4.69, 9.17) is 9.51 Å². The number of hydrogen-bond acceptors (Lipinski definition) is 5. The van der Waals surface area contributed by atoms with Gasteiger partial charge in [-0.3, -0.25) is 4.79 Å². The van der Waals surface area contributed by atoms with Crippen LogP contribution in [0, 0.1) is 20.8 Å². The second-order valence-electron chi connectivity index (χ2n) is 6.38. The van der Waals surface area contributed by atoms with Gasteiger partial charge in [-0.2, -0.15) is 5.10 Å². The predicted octanol–water partition coefficient (Wildman–Crippen LogP) is 3.37. The van der Waals surface area contributed by atoms with Crippen LogP contribution in [0.5, 0.6) is 0 Å². The fourth-order valence-electron chi connectivity index (χ4n) is 3.21. The third-order valence-corrected chi connectivity index (χ3v) is 4.52. The maximum absolute atomic E-state index is 12.2. The molecule has 1 aromatic carbocycles. The molecule has 0 bridgehead atoms. The summed E-state index contributed by atoms with van der Waals surface area (Å²) in [5, 5.41) is 12.2. The number of carbonyl (C=O) groups is 1. The molecule has 1 N–H and O–H groups in total. The van der Waals surface area contributed by atoms with Crippen molar-refractivity contribution < 1.29 is 9.32 Å². The Morgan fingerprint density at radius 3 is 2.81 bits per heavy atom. The van der Waals surface area contributed by atoms with Crippen molar-refractivity contribution in [3.8, 4) is 0 Å². The summed E-state index contributed by atoms with van der Waals surface area (Å²) in [6.07, 6.45) is 0.918. The molecule has 26 heavy (non-hydrogen) atoms. The minimum absolute atomic E-state index is 0.108. The second kappa shape index (κ2) is 6.25. The minimum atomic E-state index is -0.108. The van der Waals surface area contributed by atoms with Gasteiger partial charge in [-0.1, -0.05) is 17.3 Å². The molecular formula is C19H19N5O2. The van der Waals surface area contributed by atoms with Crippen molar-refractivity contribution in [2.24, 2.45) is 0 Å². The highest BCUT2D eigenvalue weighted by Crippen LogP contribution is 2.23. The molecule has 3 aromatic heterocycles. The Morgan fingerprint density at radius 2 is 2.04 bits per heavy atom. The smallest absolute Gasteiger partial charge is 0.225 e. The number of nitrogens with one attached hydrogen (secondary N) is 1. The molecule has 0 aliphatic rings. The SMILES string of the molecule is Cc1cc(NC(=O)CCc2c(C)nc3c4ccccc4nn3c2C)no1. The highest BCUT2D eigenvalue weighted by atomic mass is 16.5. The number of aryl methyl sites for hydroxylation is 3. The molecule has 4 aromatic rings. The molecule has 1 amide bonds. The normalized spacial score (nSPS) is 11.3. The molecule has 7 heteroatoms. The average Bonchev–Trinajstić information content (AvgIpc) is 3.18. The van der Waals surface area contributed by atoms with Gasteiger partial charge in [-0.15, -0.1) is 0 Å². The number of benzene rings is 1. The van der Waals surface area contributed by atoms with E-state index in [0.717, 1.165) is 33.5 Å². The van der Waals surface area contributed by atoms with Crippen LogP contribution in [0.1, 0.15) is 29.1 Å². The zero-order valence-corrected chi connectivity index (χ0v) is 14.9. The van der Waals surface area contributed by atoms with Crippen LogP contribution >= 0.6 is 0 Å². The highest BCUT2D eigenvalue weighted by molar-refractivity contribution is 5.92. The lowest BCUT2D eigenvalue weighted by Crippen LogP contribution is -2.14. The molecule has 7 nitrogen and oxygen atoms in total. The van der Waals surface area contributed by atoms with Crippen LogP contribution < -0.4 is 5.32 Å². The summed E-state index contributed by atoms with van der Waals surface area (Å²) in [7, 11) is 0. The van der Waals surface area contributed by atoms with Gasteiger partial charge in [0.15, 0.2) is 11.5 Å². The minimum Gasteiger partial charge on any atom is -0.360 e. The Morgan fingerprint density at radius 1 is 1.23 bits per heavy atom. The monoisotopic (exact) mass is 349 g/mol. The molecular weight excluding hydrogens is 330 g/mol. The van der Waals surface area contributed by atoms with E-state index in [1.807, 2.05) is 42.6 Å². The van der Waals surface area contributed by atoms with Crippen LogP contribution in [-0.4, -0.2) is 25.7 Å². The maximum atomic E-state index is 12.2. The lowest BCUT2D eigenvalue weighted by molar-refractivity contribution is -0.116. The van der Waals surface area contributed by atoms with Crippen molar-refractivity contribution in [2.45, 2.75) is 33.6 Å². The van der Waals surface area contributed by atoms with E-state index < -0.39 is 0 Å². The molecule has 4 rings (SSSR count). The first-order chi connectivity index (χ1) is 12.5. The van der Waals surface area contributed by atoms with Crippen molar-refractivity contribution >= 4 is 28.3 Å². The largest absolute Gasteiger partial charge is 0.360 e. The zero-order chi connectivity index (χ0) is 18.3. The number of nitrogens with zero attached hydrogens (tertiary/aromatic N) is 4. The summed E-state index contributed by atoms with van der Waals surface area (Å²) in [6, 6.07) is 9.65. The molecule has 0 aliphatic carbocycles. The third-order valence-electron chi connectivity index (χ3n) is 4.52. The van der Waals surface area contributed by atoms with E-state index in [2.05, 4.69) is 15.6 Å². The molecule has 0 fully saturated rings. The summed E-state index contributed by atoms with van der Waals surface area (Å²) in [5.41, 5.74) is 4.73. The Balaban J connectivity index is 1.60. The number of carbonyl (C=O) groups excluding carboxylic acids is 1. The number of rotatable bonds is 4. The third kappa shape index (κ3) is 2.81. The van der Waals surface area contributed by atoms with E-state index in [1.54, 1.807) is 13.0 Å². The van der Waals surface area contributed by atoms with Gasteiger partial charge < -0.3 is 9.84 Å². The van der Waals surface area contributed by atoms with Crippen molar-refractivity contribution in [3.05, 3.63) is 53.0 Å². The van der Waals surface area contributed by atoms with Crippen LogP contribution in [0.25, 0.3) is 16.6 Å². The Bertz CT molecular complexity index is 1130. The van der Waals surface area contributed by atoms with E-state index in [-0.39, 0.29) is 5.91 Å². The van der Waals surface area contributed by atoms with Gasteiger partial charge in [0.1, 0.15) is 5.76 Å². The summed E-state index contributed by atoms with van der Waals surface area (Å²) in [5.74, 6) is 0.989. The number of aromatic nitrogens is 4. The fraction of sp³-hybridized carbons (Fsp3) is 0.263. The van der Waals surface area contributed by atoms with E-state index in [9.17, 15) is 4.79 Å². The van der Waals surface area contributed by atoms with Crippen LogP contribution in [-0.2, 0) is 11.2 Å². The summed E-state index contributed by atoms with van der Waals surface area (Å²) < 4.78 is 6.82. The average molecular weight is 349 g/mol. The molecule has 0 atom stereocenters. The van der Waals surface area contributed by atoms with Gasteiger partial charge >= 0.3 is 0 Å². The first-order valence-electron chi connectivity index (χ1n) is 8.49. The topological polar surface area (TPSA) is 85.3 Å². The molecule has 0 radical (unpaired) electrons. The highest BCUT2D eigenvalue weighted by Gasteiger charge is 2.15. The van der Waals surface area contributed by atoms with Gasteiger partial charge in [-0.05, 0) is 44.9 Å². The first kappa shape index (κ1) is 16.3. The van der Waals surface area contributed by atoms with E-state index >= 15 is 0 Å². The Labute approximate surface area is 150 Å². The van der Waals surface area contributed by atoms with Gasteiger partial charge in [0.05, 0.1) is 5.52 Å². The van der Waals surface area contributed by atoms with Gasteiger partial charge in [0.25, 0.3) is 0 Å². The molecule has 0 aliphatic heterocycles. The van der Waals surface area contributed by atoms with Crippen molar-refractivity contribution in [2.75, 3.05) is 5.32 Å². The number of hydrogen-bond donors (Lipinski definition) is 1. The van der Waals surface area contributed by atoms with Crippen molar-refractivity contribution in [1.29, 1.82) is 0 Å². The van der Waals surface area contributed by atoms with Gasteiger partial charge in [0, 0.05) is 29.3 Å². The molecule has 3 heterocycles. The van der Waals surface area contributed by atoms with Crippen molar-refractivity contribution in [1.82, 2.24) is 19.8 Å². The quantitative estimate of drug-likeness (QED) is 0.610. The molecule has 0 saturated heterocycles. The lowest BCUT2D eigenvalue weighted by atomic mass is 10.1. The van der Waals surface area contributed by atoms with Crippen molar-refractivity contribution in [3.63, 3.8) is 0 Å². The van der Waals surface area contributed by atoms with Crippen LogP contribution in [0.15, 0.2) is 34.9 Å². The zero-order valence-electron chi connectivity index (χ0n) is 14.9. The van der Waals surface area contributed by atoms with Gasteiger partial charge in [0.2, 0.25) is 5.91 Å². The number of anilines is 1. The molecule has 0 unspecified atom stereocenters. The first-order valence-corrected chi connectivity index (χ1v) is 8.49. The van der Waals surface area contributed by atoms with Crippen LogP contribution in [0.2, 0.25) is 0 Å². The number of amides is 1. The summed E-state index contributed by atoms with van der Waals surface area (Å²) >= 11 is 0. The van der Waals surface area contributed by atoms with Gasteiger partial charge in [-0.25, -0.2) is 9.50 Å². The Hall–Kier alpha value is -3.22.